The maximum Gasteiger partial charge on any atom is 0.251 e. The van der Waals surface area contributed by atoms with E-state index in [-0.39, 0.29) is 11.9 Å². The smallest absolute Gasteiger partial charge is 0.251 e. The fraction of sp³-hybridized carbons (Fsp3) is 0.0952. The first-order valence-electron chi connectivity index (χ1n) is 8.73. The lowest BCUT2D eigenvalue weighted by Crippen LogP contribution is -2.32. The highest BCUT2D eigenvalue weighted by atomic mass is 16.1. The van der Waals surface area contributed by atoms with Crippen molar-refractivity contribution in [2.45, 2.75) is 12.6 Å². The molecular weight excluding hydrogens is 338 g/mol. The molecule has 0 fully saturated rings. The van der Waals surface area contributed by atoms with E-state index in [1.807, 2.05) is 83.7 Å². The zero-order chi connectivity index (χ0) is 18.5. The van der Waals surface area contributed by atoms with Crippen molar-refractivity contribution < 1.29 is 4.79 Å². The molecule has 0 unspecified atom stereocenters. The molecule has 0 spiro atoms. The van der Waals surface area contributed by atoms with Gasteiger partial charge in [0.1, 0.15) is 0 Å². The largest absolute Gasteiger partial charge is 0.343 e. The predicted octanol–water partition coefficient (Wildman–Crippen LogP) is 3.24. The number of hydrogen-bond acceptors (Lipinski definition) is 3. The molecule has 134 valence electrons. The molecular formula is C21H19N5O. The van der Waals surface area contributed by atoms with Crippen LogP contribution in [0.5, 0.6) is 0 Å². The molecule has 6 nitrogen and oxygen atoms in total. The van der Waals surface area contributed by atoms with Gasteiger partial charge in [-0.15, -0.1) is 0 Å². The minimum Gasteiger partial charge on any atom is -0.343 e. The van der Waals surface area contributed by atoms with Crippen molar-refractivity contribution in [2.24, 2.45) is 0 Å². The molecule has 2 aromatic heterocycles. The van der Waals surface area contributed by atoms with E-state index in [4.69, 9.17) is 0 Å². The van der Waals surface area contributed by atoms with Crippen molar-refractivity contribution in [3.05, 3.63) is 103 Å². The summed E-state index contributed by atoms with van der Waals surface area (Å²) in [6.07, 6.45) is 7.20. The average Bonchev–Trinajstić information content (AvgIpc) is 3.42. The van der Waals surface area contributed by atoms with E-state index in [1.54, 1.807) is 17.2 Å². The molecule has 0 aliphatic heterocycles. The van der Waals surface area contributed by atoms with Crippen LogP contribution in [0.15, 0.2) is 91.5 Å². The molecule has 0 radical (unpaired) electrons. The van der Waals surface area contributed by atoms with Gasteiger partial charge in [-0.25, -0.2) is 0 Å². The van der Waals surface area contributed by atoms with Gasteiger partial charge >= 0.3 is 0 Å². The number of nitrogens with zero attached hydrogens (tertiary/aromatic N) is 4. The third-order valence-electron chi connectivity index (χ3n) is 4.35. The minimum atomic E-state index is -0.227. The molecule has 0 aliphatic carbocycles. The van der Waals surface area contributed by atoms with Crippen LogP contribution in [-0.4, -0.2) is 25.5 Å². The lowest BCUT2D eigenvalue weighted by Gasteiger charge is -2.19. The van der Waals surface area contributed by atoms with Crippen LogP contribution in [0.25, 0.3) is 5.69 Å². The van der Waals surface area contributed by atoms with Gasteiger partial charge in [-0.3, -0.25) is 4.79 Å². The van der Waals surface area contributed by atoms with Gasteiger partial charge in [-0.1, -0.05) is 30.3 Å². The number of nitrogens with one attached hydrogen (secondary N) is 1. The molecule has 2 aromatic carbocycles. The summed E-state index contributed by atoms with van der Waals surface area (Å²) in [6.45, 7) is 0.463. The van der Waals surface area contributed by atoms with E-state index in [2.05, 4.69) is 15.5 Å². The summed E-state index contributed by atoms with van der Waals surface area (Å²) >= 11 is 0. The molecule has 1 atom stereocenters. The molecule has 4 rings (SSSR count). The predicted molar refractivity (Wildman–Crippen MR) is 102 cm³/mol. The van der Waals surface area contributed by atoms with Crippen molar-refractivity contribution in [2.75, 3.05) is 0 Å². The normalized spacial score (nSPS) is 11.9. The van der Waals surface area contributed by atoms with E-state index in [1.165, 1.54) is 0 Å². The highest BCUT2D eigenvalue weighted by Gasteiger charge is 2.17. The standard InChI is InChI=1S/C21H19N5O/c27-21(18-8-10-19(11-9-18)25-14-4-5-15-25)24-20(16-26-22-12-13-23-26)17-6-2-1-3-7-17/h1-15,20H,16H2,(H,24,27)/t20-/m1/s1. The Hall–Kier alpha value is -3.67. The molecule has 1 N–H and O–H groups in total. The van der Waals surface area contributed by atoms with Crippen LogP contribution >= 0.6 is 0 Å². The van der Waals surface area contributed by atoms with E-state index in [0.717, 1.165) is 11.3 Å². The van der Waals surface area contributed by atoms with Crippen LogP contribution in [-0.2, 0) is 6.54 Å². The van der Waals surface area contributed by atoms with Crippen molar-refractivity contribution in [1.29, 1.82) is 0 Å². The minimum absolute atomic E-state index is 0.130. The maximum atomic E-state index is 12.8. The van der Waals surface area contributed by atoms with Gasteiger partial charge in [0.2, 0.25) is 0 Å². The summed E-state index contributed by atoms with van der Waals surface area (Å²) in [6, 6.07) is 21.1. The first kappa shape index (κ1) is 16.8. The van der Waals surface area contributed by atoms with Crippen LogP contribution < -0.4 is 5.32 Å². The highest BCUT2D eigenvalue weighted by molar-refractivity contribution is 5.94. The number of aromatic nitrogens is 4. The summed E-state index contributed by atoms with van der Waals surface area (Å²) in [5, 5.41) is 11.4. The second-order valence-corrected chi connectivity index (χ2v) is 6.16. The Morgan fingerprint density at radius 1 is 0.889 bits per heavy atom. The van der Waals surface area contributed by atoms with Crippen molar-refractivity contribution >= 4 is 5.91 Å². The summed E-state index contributed by atoms with van der Waals surface area (Å²) in [5.41, 5.74) is 2.63. The van der Waals surface area contributed by atoms with Crippen molar-refractivity contribution in [1.82, 2.24) is 24.9 Å². The van der Waals surface area contributed by atoms with Crippen LogP contribution in [0, 0.1) is 0 Å². The average molecular weight is 357 g/mol. The van der Waals surface area contributed by atoms with Crippen LogP contribution in [0.3, 0.4) is 0 Å². The lowest BCUT2D eigenvalue weighted by molar-refractivity contribution is 0.0931. The van der Waals surface area contributed by atoms with Crippen LogP contribution in [0.1, 0.15) is 22.0 Å². The third-order valence-corrected chi connectivity index (χ3v) is 4.35. The van der Waals surface area contributed by atoms with Gasteiger partial charge in [0.15, 0.2) is 0 Å². The van der Waals surface area contributed by atoms with E-state index in [9.17, 15) is 4.79 Å². The fourth-order valence-corrected chi connectivity index (χ4v) is 2.95. The molecule has 0 bridgehead atoms. The Bertz CT molecular complexity index is 977. The second-order valence-electron chi connectivity index (χ2n) is 6.16. The van der Waals surface area contributed by atoms with Gasteiger partial charge in [-0.2, -0.15) is 15.0 Å². The topological polar surface area (TPSA) is 64.7 Å². The number of benzene rings is 2. The molecule has 27 heavy (non-hydrogen) atoms. The molecule has 1 amide bonds. The summed E-state index contributed by atoms with van der Waals surface area (Å²) in [5.74, 6) is -0.130. The van der Waals surface area contributed by atoms with E-state index in [0.29, 0.717) is 12.1 Å². The van der Waals surface area contributed by atoms with Gasteiger partial charge in [0.05, 0.1) is 25.0 Å². The molecule has 4 aromatic rings. The zero-order valence-electron chi connectivity index (χ0n) is 14.6. The van der Waals surface area contributed by atoms with Crippen LogP contribution in [0.2, 0.25) is 0 Å². The van der Waals surface area contributed by atoms with E-state index < -0.39 is 0 Å². The summed E-state index contributed by atoms with van der Waals surface area (Å²) in [7, 11) is 0. The van der Waals surface area contributed by atoms with Crippen molar-refractivity contribution in [3.63, 3.8) is 0 Å². The highest BCUT2D eigenvalue weighted by Crippen LogP contribution is 2.16. The quantitative estimate of drug-likeness (QED) is 0.576. The summed E-state index contributed by atoms with van der Waals surface area (Å²) < 4.78 is 2.00. The number of amides is 1. The molecule has 2 heterocycles. The molecule has 6 heteroatoms. The molecule has 0 saturated heterocycles. The van der Waals surface area contributed by atoms with Gasteiger partial charge < -0.3 is 9.88 Å². The summed E-state index contributed by atoms with van der Waals surface area (Å²) in [4.78, 5) is 14.4. The third kappa shape index (κ3) is 3.95. The Labute approximate surface area is 157 Å². The van der Waals surface area contributed by atoms with E-state index >= 15 is 0 Å². The van der Waals surface area contributed by atoms with Crippen LogP contribution in [0.4, 0.5) is 0 Å². The Kier molecular flexibility index (Phi) is 4.78. The monoisotopic (exact) mass is 357 g/mol. The van der Waals surface area contributed by atoms with Gasteiger partial charge in [-0.05, 0) is 42.0 Å². The maximum absolute atomic E-state index is 12.8. The first-order chi connectivity index (χ1) is 13.3. The van der Waals surface area contributed by atoms with Crippen molar-refractivity contribution in [3.8, 4) is 5.69 Å². The Morgan fingerprint density at radius 3 is 2.22 bits per heavy atom. The Balaban J connectivity index is 1.52. The van der Waals surface area contributed by atoms with Gasteiger partial charge in [0, 0.05) is 23.6 Å². The lowest BCUT2D eigenvalue weighted by atomic mass is 10.1. The SMILES string of the molecule is O=C(N[C@H](Cn1nccn1)c1ccccc1)c1ccc(-n2cccc2)cc1. The number of carbonyl (C=O) groups is 1. The Morgan fingerprint density at radius 2 is 1.56 bits per heavy atom. The number of rotatable bonds is 6. The number of carbonyl (C=O) groups excluding carboxylic acids is 1. The molecule has 0 aliphatic rings. The van der Waals surface area contributed by atoms with Gasteiger partial charge in [0.25, 0.3) is 5.91 Å². The number of hydrogen-bond donors (Lipinski definition) is 1. The fourth-order valence-electron chi connectivity index (χ4n) is 2.95. The molecule has 0 saturated carbocycles. The first-order valence-corrected chi connectivity index (χ1v) is 8.73. The second kappa shape index (κ2) is 7.70. The zero-order valence-corrected chi connectivity index (χ0v) is 14.6.